The lowest BCUT2D eigenvalue weighted by atomic mass is 9.75. The summed E-state index contributed by atoms with van der Waals surface area (Å²) in [5.74, 6) is 2.05. The molecule has 1 aliphatic rings. The molecule has 3 heteroatoms. The highest BCUT2D eigenvalue weighted by atomic mass is 16.5. The Labute approximate surface area is 190 Å². The summed E-state index contributed by atoms with van der Waals surface area (Å²) in [5, 5.41) is 8.86. The van der Waals surface area contributed by atoms with Gasteiger partial charge in [-0.25, -0.2) is 4.79 Å². The standard InChI is InChI=1S/C29H29NO2/c1-21(24-5-3-2-4-6-24)19-22-7-11-25(12-8-22)26-13-15-27(16-14-26)29(31)32-28-17-9-23(20-30)10-18-28/h2-6,9-10,13-18,21-22,25H,7-8,11-12,19H2,1H3/t21-,22?,25?/m1/s1. The molecule has 3 aromatic rings. The van der Waals surface area contributed by atoms with Gasteiger partial charge in [0.15, 0.2) is 0 Å². The van der Waals surface area contributed by atoms with Crippen molar-refractivity contribution < 1.29 is 9.53 Å². The average molecular weight is 424 g/mol. The molecular formula is C29H29NO2. The smallest absolute Gasteiger partial charge is 0.343 e. The number of ether oxygens (including phenoxy) is 1. The Hall–Kier alpha value is -3.38. The average Bonchev–Trinajstić information content (AvgIpc) is 2.85. The maximum atomic E-state index is 12.4. The van der Waals surface area contributed by atoms with Crippen LogP contribution in [0.2, 0.25) is 0 Å². The molecule has 0 amide bonds. The number of carbonyl (C=O) groups excluding carboxylic acids is 1. The molecule has 3 nitrogen and oxygen atoms in total. The van der Waals surface area contributed by atoms with Crippen LogP contribution in [0.3, 0.4) is 0 Å². The Kier molecular flexibility index (Phi) is 7.02. The minimum absolute atomic E-state index is 0.375. The summed E-state index contributed by atoms with van der Waals surface area (Å²) in [7, 11) is 0. The first-order valence-electron chi connectivity index (χ1n) is 11.5. The zero-order valence-electron chi connectivity index (χ0n) is 18.5. The molecule has 162 valence electrons. The molecule has 0 N–H and O–H groups in total. The summed E-state index contributed by atoms with van der Waals surface area (Å²) < 4.78 is 5.42. The number of hydrogen-bond acceptors (Lipinski definition) is 3. The van der Waals surface area contributed by atoms with E-state index in [1.165, 1.54) is 43.2 Å². The minimum Gasteiger partial charge on any atom is -0.423 e. The highest BCUT2D eigenvalue weighted by Crippen LogP contribution is 2.39. The summed E-state index contributed by atoms with van der Waals surface area (Å²) in [6.07, 6.45) is 6.22. The zero-order valence-corrected chi connectivity index (χ0v) is 18.5. The lowest BCUT2D eigenvalue weighted by Gasteiger charge is -2.30. The summed E-state index contributed by atoms with van der Waals surface area (Å²) in [5.41, 5.74) is 3.84. The van der Waals surface area contributed by atoms with Crippen LogP contribution >= 0.6 is 0 Å². The topological polar surface area (TPSA) is 50.1 Å². The molecule has 0 aliphatic heterocycles. The first-order chi connectivity index (χ1) is 15.6. The number of rotatable bonds is 6. The molecule has 1 fully saturated rings. The van der Waals surface area contributed by atoms with Crippen LogP contribution in [0.25, 0.3) is 0 Å². The number of nitriles is 1. The Balaban J connectivity index is 1.29. The molecule has 32 heavy (non-hydrogen) atoms. The van der Waals surface area contributed by atoms with Crippen LogP contribution in [-0.4, -0.2) is 5.97 Å². The van der Waals surface area contributed by atoms with Gasteiger partial charge in [-0.05, 0) is 97.4 Å². The molecule has 4 rings (SSSR count). The van der Waals surface area contributed by atoms with E-state index in [9.17, 15) is 4.79 Å². The van der Waals surface area contributed by atoms with Gasteiger partial charge in [0.25, 0.3) is 0 Å². The molecule has 0 spiro atoms. The predicted molar refractivity (Wildman–Crippen MR) is 127 cm³/mol. The third-order valence-corrected chi connectivity index (χ3v) is 6.71. The lowest BCUT2D eigenvalue weighted by Crippen LogP contribution is -2.15. The van der Waals surface area contributed by atoms with Gasteiger partial charge in [0.2, 0.25) is 0 Å². The second-order valence-electron chi connectivity index (χ2n) is 8.91. The highest BCUT2D eigenvalue weighted by molar-refractivity contribution is 5.91. The van der Waals surface area contributed by atoms with Crippen LogP contribution in [0.1, 0.15) is 77.9 Å². The molecule has 0 heterocycles. The normalized spacial score (nSPS) is 19.0. The van der Waals surface area contributed by atoms with Crippen molar-refractivity contribution in [2.45, 2.75) is 50.9 Å². The summed E-state index contributed by atoms with van der Waals surface area (Å²) in [4.78, 5) is 12.4. The maximum absolute atomic E-state index is 12.4. The molecule has 1 saturated carbocycles. The fraction of sp³-hybridized carbons (Fsp3) is 0.310. The van der Waals surface area contributed by atoms with Crippen LogP contribution in [0, 0.1) is 17.2 Å². The molecule has 0 saturated heterocycles. The summed E-state index contributed by atoms with van der Waals surface area (Å²) >= 11 is 0. The van der Waals surface area contributed by atoms with Gasteiger partial charge < -0.3 is 4.74 Å². The van der Waals surface area contributed by atoms with Gasteiger partial charge in [-0.15, -0.1) is 0 Å². The second-order valence-corrected chi connectivity index (χ2v) is 8.91. The van der Waals surface area contributed by atoms with E-state index in [4.69, 9.17) is 10.00 Å². The highest BCUT2D eigenvalue weighted by Gasteiger charge is 2.24. The molecule has 0 unspecified atom stereocenters. The van der Waals surface area contributed by atoms with E-state index in [1.54, 1.807) is 24.3 Å². The van der Waals surface area contributed by atoms with Gasteiger partial charge in [0.1, 0.15) is 5.75 Å². The van der Waals surface area contributed by atoms with E-state index in [0.29, 0.717) is 28.7 Å². The Morgan fingerprint density at radius 2 is 1.59 bits per heavy atom. The number of esters is 1. The number of carbonyl (C=O) groups is 1. The molecular weight excluding hydrogens is 394 g/mol. The Morgan fingerprint density at radius 3 is 2.22 bits per heavy atom. The molecule has 3 aromatic carbocycles. The van der Waals surface area contributed by atoms with Gasteiger partial charge >= 0.3 is 5.97 Å². The fourth-order valence-electron chi connectivity index (χ4n) is 4.80. The fourth-order valence-corrected chi connectivity index (χ4v) is 4.80. The Bertz CT molecular complexity index is 1060. The SMILES string of the molecule is C[C@H](CC1CCC(c2ccc(C(=O)Oc3ccc(C#N)cc3)cc2)CC1)c1ccccc1. The van der Waals surface area contributed by atoms with Crippen molar-refractivity contribution in [2.75, 3.05) is 0 Å². The van der Waals surface area contributed by atoms with Gasteiger partial charge in [-0.3, -0.25) is 0 Å². The van der Waals surface area contributed by atoms with Crippen molar-refractivity contribution in [3.8, 4) is 11.8 Å². The number of hydrogen-bond donors (Lipinski definition) is 0. The van der Waals surface area contributed by atoms with E-state index in [-0.39, 0.29) is 5.97 Å². The zero-order chi connectivity index (χ0) is 22.3. The van der Waals surface area contributed by atoms with Crippen molar-refractivity contribution in [2.24, 2.45) is 5.92 Å². The van der Waals surface area contributed by atoms with Crippen LogP contribution in [-0.2, 0) is 0 Å². The largest absolute Gasteiger partial charge is 0.423 e. The van der Waals surface area contributed by atoms with Crippen molar-refractivity contribution in [3.63, 3.8) is 0 Å². The first kappa shape index (κ1) is 21.8. The van der Waals surface area contributed by atoms with Crippen LogP contribution in [0.5, 0.6) is 5.75 Å². The van der Waals surface area contributed by atoms with Gasteiger partial charge in [-0.2, -0.15) is 5.26 Å². The predicted octanol–water partition coefficient (Wildman–Crippen LogP) is 7.25. The quantitative estimate of drug-likeness (QED) is 0.310. The van der Waals surface area contributed by atoms with Crippen LogP contribution in [0.4, 0.5) is 0 Å². The number of benzene rings is 3. The lowest BCUT2D eigenvalue weighted by molar-refractivity contribution is 0.0734. The van der Waals surface area contributed by atoms with Crippen molar-refractivity contribution in [1.29, 1.82) is 5.26 Å². The first-order valence-corrected chi connectivity index (χ1v) is 11.5. The van der Waals surface area contributed by atoms with Gasteiger partial charge in [0.05, 0.1) is 17.2 Å². The van der Waals surface area contributed by atoms with E-state index in [2.05, 4.69) is 55.5 Å². The van der Waals surface area contributed by atoms with E-state index in [1.807, 2.05) is 12.1 Å². The maximum Gasteiger partial charge on any atom is 0.343 e. The van der Waals surface area contributed by atoms with Crippen molar-refractivity contribution in [1.82, 2.24) is 0 Å². The van der Waals surface area contributed by atoms with Gasteiger partial charge in [-0.1, -0.05) is 49.4 Å². The van der Waals surface area contributed by atoms with Crippen molar-refractivity contribution in [3.05, 3.63) is 101 Å². The van der Waals surface area contributed by atoms with Crippen LogP contribution in [0.15, 0.2) is 78.9 Å². The van der Waals surface area contributed by atoms with E-state index in [0.717, 1.165) is 5.92 Å². The van der Waals surface area contributed by atoms with Crippen LogP contribution < -0.4 is 4.74 Å². The molecule has 0 aromatic heterocycles. The monoisotopic (exact) mass is 423 g/mol. The number of nitrogens with zero attached hydrogens (tertiary/aromatic N) is 1. The van der Waals surface area contributed by atoms with E-state index >= 15 is 0 Å². The molecule has 1 aliphatic carbocycles. The summed E-state index contributed by atoms with van der Waals surface area (Å²) in [6.45, 7) is 2.34. The Morgan fingerprint density at radius 1 is 0.938 bits per heavy atom. The van der Waals surface area contributed by atoms with Gasteiger partial charge in [0, 0.05) is 0 Å². The molecule has 0 radical (unpaired) electrons. The minimum atomic E-state index is -0.375. The van der Waals surface area contributed by atoms with Crippen molar-refractivity contribution >= 4 is 5.97 Å². The van der Waals surface area contributed by atoms with E-state index < -0.39 is 0 Å². The molecule has 0 bridgehead atoms. The summed E-state index contributed by atoms with van der Waals surface area (Å²) in [6, 6.07) is 27.3. The second kappa shape index (κ2) is 10.3. The third-order valence-electron chi connectivity index (χ3n) is 6.71. The molecule has 1 atom stereocenters. The third kappa shape index (κ3) is 5.45.